The van der Waals surface area contributed by atoms with Crippen LogP contribution in [0.1, 0.15) is 39.1 Å². The maximum atomic E-state index is 14.0. The molecule has 0 aromatic heterocycles. The Kier molecular flexibility index (Phi) is 5.65. The number of imide groups is 1. The number of carbonyl (C=O) groups excluding carboxylic acids is 2. The van der Waals surface area contributed by atoms with E-state index in [1.54, 1.807) is 6.07 Å². The van der Waals surface area contributed by atoms with E-state index in [2.05, 4.69) is 9.80 Å². The second kappa shape index (κ2) is 8.60. The van der Waals surface area contributed by atoms with Gasteiger partial charge in [-0.05, 0) is 31.0 Å². The molecule has 2 aromatic rings. The van der Waals surface area contributed by atoms with E-state index in [9.17, 15) is 18.4 Å². The van der Waals surface area contributed by atoms with E-state index in [4.69, 9.17) is 4.74 Å². The van der Waals surface area contributed by atoms with E-state index >= 15 is 0 Å². The van der Waals surface area contributed by atoms with Gasteiger partial charge >= 0.3 is 0 Å². The highest BCUT2D eigenvalue weighted by Gasteiger charge is 2.40. The van der Waals surface area contributed by atoms with Crippen LogP contribution in [0.25, 0.3) is 0 Å². The number of nitrogens with zero attached hydrogens (tertiary/aromatic N) is 3. The van der Waals surface area contributed by atoms with Crippen LogP contribution >= 0.6 is 0 Å². The summed E-state index contributed by atoms with van der Waals surface area (Å²) in [6.07, 6.45) is 1.72. The van der Waals surface area contributed by atoms with Gasteiger partial charge in [-0.25, -0.2) is 8.78 Å². The Morgan fingerprint density at radius 3 is 2.53 bits per heavy atom. The summed E-state index contributed by atoms with van der Waals surface area (Å²) < 4.78 is 32.8. The fourth-order valence-corrected chi connectivity index (χ4v) is 4.77. The third kappa shape index (κ3) is 3.89. The summed E-state index contributed by atoms with van der Waals surface area (Å²) in [5.74, 6) is -1.63. The van der Waals surface area contributed by atoms with Crippen LogP contribution in [0.2, 0.25) is 0 Å². The molecule has 0 saturated carbocycles. The molecule has 3 aliphatic heterocycles. The lowest BCUT2D eigenvalue weighted by atomic mass is 10.1. The zero-order valence-electron chi connectivity index (χ0n) is 17.7. The number of amides is 2. The fourth-order valence-electron chi connectivity index (χ4n) is 4.77. The van der Waals surface area contributed by atoms with Crippen molar-refractivity contribution in [2.45, 2.75) is 25.5 Å². The first-order chi connectivity index (χ1) is 15.5. The molecule has 0 N–H and O–H groups in total. The van der Waals surface area contributed by atoms with Crippen molar-refractivity contribution >= 4 is 17.5 Å². The molecule has 0 aliphatic carbocycles. The van der Waals surface area contributed by atoms with E-state index in [0.717, 1.165) is 24.6 Å². The first-order valence-corrected chi connectivity index (χ1v) is 11.0. The monoisotopic (exact) mass is 441 g/mol. The van der Waals surface area contributed by atoms with E-state index in [1.165, 1.54) is 17.0 Å². The highest BCUT2D eigenvalue weighted by atomic mass is 19.1. The highest BCUT2D eigenvalue weighted by molar-refractivity contribution is 6.23. The largest absolute Gasteiger partial charge is 0.376 e. The number of hydrogen-bond donors (Lipinski definition) is 0. The molecular weight excluding hydrogens is 416 g/mol. The number of anilines is 1. The summed E-state index contributed by atoms with van der Waals surface area (Å²) in [6, 6.07) is 9.07. The van der Waals surface area contributed by atoms with Gasteiger partial charge in [0.25, 0.3) is 11.8 Å². The van der Waals surface area contributed by atoms with Crippen LogP contribution in [-0.2, 0) is 11.3 Å². The number of halogens is 2. The zero-order chi connectivity index (χ0) is 22.2. The molecule has 1 atom stereocenters. The van der Waals surface area contributed by atoms with Gasteiger partial charge in [-0.1, -0.05) is 12.1 Å². The lowest BCUT2D eigenvalue weighted by Crippen LogP contribution is -2.46. The standard InChI is InChI=1S/C24H25F2N3O3/c25-17-7-6-16(20(26)13-17)14-27-8-10-28(11-9-27)21-5-1-4-19-22(21)24(31)29(23(19)30)15-18-3-2-12-32-18/h1,4-7,13,18H,2-3,8-12,14-15H2/t18-/m1/s1. The third-order valence-corrected chi connectivity index (χ3v) is 6.51. The molecule has 2 saturated heterocycles. The van der Waals surface area contributed by atoms with Crippen LogP contribution < -0.4 is 4.90 Å². The summed E-state index contributed by atoms with van der Waals surface area (Å²) in [5.41, 5.74) is 2.14. The molecule has 3 heterocycles. The molecule has 0 radical (unpaired) electrons. The summed E-state index contributed by atoms with van der Waals surface area (Å²) >= 11 is 0. The van der Waals surface area contributed by atoms with Crippen molar-refractivity contribution < 1.29 is 23.1 Å². The molecule has 6 nitrogen and oxygen atoms in total. The average Bonchev–Trinajstić information content (AvgIpc) is 3.39. The Balaban J connectivity index is 1.28. The number of piperazine rings is 1. The lowest BCUT2D eigenvalue weighted by molar-refractivity contribution is 0.0475. The molecule has 5 rings (SSSR count). The van der Waals surface area contributed by atoms with Crippen molar-refractivity contribution in [3.63, 3.8) is 0 Å². The molecule has 3 aliphatic rings. The number of carbonyl (C=O) groups is 2. The maximum Gasteiger partial charge on any atom is 0.263 e. The molecule has 0 bridgehead atoms. The fraction of sp³-hybridized carbons (Fsp3) is 0.417. The predicted molar refractivity (Wildman–Crippen MR) is 115 cm³/mol. The Bertz CT molecular complexity index is 1050. The molecule has 8 heteroatoms. The van der Waals surface area contributed by atoms with Crippen molar-refractivity contribution in [3.05, 3.63) is 64.7 Å². The molecule has 2 amide bonds. The van der Waals surface area contributed by atoms with Crippen LogP contribution in [0.4, 0.5) is 14.5 Å². The molecular formula is C24H25F2N3O3. The maximum absolute atomic E-state index is 14.0. The molecule has 0 spiro atoms. The van der Waals surface area contributed by atoms with Crippen LogP contribution in [0.15, 0.2) is 36.4 Å². The van der Waals surface area contributed by atoms with Gasteiger partial charge in [-0.15, -0.1) is 0 Å². The lowest BCUT2D eigenvalue weighted by Gasteiger charge is -2.36. The van der Waals surface area contributed by atoms with Gasteiger partial charge in [0.05, 0.1) is 29.5 Å². The number of rotatable bonds is 5. The quantitative estimate of drug-likeness (QED) is 0.668. The van der Waals surface area contributed by atoms with E-state index in [0.29, 0.717) is 62.6 Å². The van der Waals surface area contributed by atoms with Crippen molar-refractivity contribution in [1.29, 1.82) is 0 Å². The highest BCUT2D eigenvalue weighted by Crippen LogP contribution is 2.33. The minimum atomic E-state index is -0.582. The Labute approximate surface area is 185 Å². The third-order valence-electron chi connectivity index (χ3n) is 6.51. The minimum Gasteiger partial charge on any atom is -0.376 e. The van der Waals surface area contributed by atoms with Crippen molar-refractivity contribution in [2.24, 2.45) is 0 Å². The van der Waals surface area contributed by atoms with Crippen LogP contribution in [0.5, 0.6) is 0 Å². The van der Waals surface area contributed by atoms with Crippen molar-refractivity contribution in [3.8, 4) is 0 Å². The van der Waals surface area contributed by atoms with Gasteiger partial charge in [-0.3, -0.25) is 19.4 Å². The topological polar surface area (TPSA) is 53.1 Å². The summed E-state index contributed by atoms with van der Waals surface area (Å²) in [4.78, 5) is 31.6. The van der Waals surface area contributed by atoms with Crippen LogP contribution in [0.3, 0.4) is 0 Å². The van der Waals surface area contributed by atoms with Gasteiger partial charge in [0.1, 0.15) is 11.6 Å². The zero-order valence-corrected chi connectivity index (χ0v) is 17.7. The first kappa shape index (κ1) is 21.0. The second-order valence-electron chi connectivity index (χ2n) is 8.55. The summed E-state index contributed by atoms with van der Waals surface area (Å²) in [6.45, 7) is 4.00. The van der Waals surface area contributed by atoms with Gasteiger partial charge in [0, 0.05) is 51.0 Å². The Hall–Kier alpha value is -2.84. The first-order valence-electron chi connectivity index (χ1n) is 11.0. The van der Waals surface area contributed by atoms with Gasteiger partial charge in [0.15, 0.2) is 0 Å². The number of benzene rings is 2. The molecule has 2 aromatic carbocycles. The summed E-state index contributed by atoms with van der Waals surface area (Å²) in [7, 11) is 0. The van der Waals surface area contributed by atoms with Crippen LogP contribution in [-0.4, -0.2) is 67.0 Å². The van der Waals surface area contributed by atoms with Gasteiger partial charge < -0.3 is 9.64 Å². The number of hydrogen-bond acceptors (Lipinski definition) is 5. The number of fused-ring (bicyclic) bond motifs is 1. The van der Waals surface area contributed by atoms with E-state index < -0.39 is 11.6 Å². The Morgan fingerprint density at radius 1 is 1.00 bits per heavy atom. The van der Waals surface area contributed by atoms with Crippen molar-refractivity contribution in [1.82, 2.24) is 9.80 Å². The smallest absolute Gasteiger partial charge is 0.263 e. The van der Waals surface area contributed by atoms with E-state index in [-0.39, 0.29) is 17.9 Å². The van der Waals surface area contributed by atoms with E-state index in [1.807, 2.05) is 12.1 Å². The van der Waals surface area contributed by atoms with Crippen LogP contribution in [0, 0.1) is 11.6 Å². The minimum absolute atomic E-state index is 0.0870. The Morgan fingerprint density at radius 2 is 1.81 bits per heavy atom. The van der Waals surface area contributed by atoms with Gasteiger partial charge in [0.2, 0.25) is 0 Å². The molecule has 168 valence electrons. The average molecular weight is 441 g/mol. The molecule has 0 unspecified atom stereocenters. The molecule has 32 heavy (non-hydrogen) atoms. The van der Waals surface area contributed by atoms with Crippen molar-refractivity contribution in [2.75, 3.05) is 44.2 Å². The normalized spacial score (nSPS) is 21.5. The predicted octanol–water partition coefficient (Wildman–Crippen LogP) is 3.06. The summed E-state index contributed by atoms with van der Waals surface area (Å²) in [5, 5.41) is 0. The molecule has 2 fully saturated rings. The second-order valence-corrected chi connectivity index (χ2v) is 8.55. The van der Waals surface area contributed by atoms with Gasteiger partial charge in [-0.2, -0.15) is 0 Å². The SMILES string of the molecule is O=C1c2cccc(N3CCN(Cc4ccc(F)cc4F)CC3)c2C(=O)N1C[C@H]1CCCO1. The number of ether oxygens (including phenoxy) is 1.